The third kappa shape index (κ3) is 5.11. The van der Waals surface area contributed by atoms with Crippen LogP contribution in [0, 0.1) is 0 Å². The molecule has 0 spiro atoms. The minimum Gasteiger partial charge on any atom is -0.139 e. The lowest BCUT2D eigenvalue weighted by molar-refractivity contribution is 1.47. The molecule has 0 aliphatic rings. The van der Waals surface area contributed by atoms with Gasteiger partial charge < -0.3 is 0 Å². The second kappa shape index (κ2) is 7.75. The number of rotatable bonds is 6. The summed E-state index contributed by atoms with van der Waals surface area (Å²) in [5.41, 5.74) is 0. The van der Waals surface area contributed by atoms with Crippen LogP contribution in [-0.2, 0) is 0 Å². The number of benzene rings is 2. The van der Waals surface area contributed by atoms with Crippen molar-refractivity contribution >= 4 is 35.3 Å². The molecule has 0 aliphatic carbocycles. The Bertz CT molecular complexity index is 372. The van der Waals surface area contributed by atoms with Gasteiger partial charge in [-0.25, -0.2) is 0 Å². The molecule has 17 heavy (non-hydrogen) atoms. The molecule has 88 valence electrons. The van der Waals surface area contributed by atoms with Gasteiger partial charge in [0.1, 0.15) is 0 Å². The van der Waals surface area contributed by atoms with E-state index in [9.17, 15) is 0 Å². The summed E-state index contributed by atoms with van der Waals surface area (Å²) in [6, 6.07) is 21.1. The van der Waals surface area contributed by atoms with Gasteiger partial charge in [0.05, 0.1) is 0 Å². The molecule has 2 aromatic rings. The van der Waals surface area contributed by atoms with E-state index in [0.29, 0.717) is 0 Å². The second-order valence-electron chi connectivity index (χ2n) is 3.35. The fourth-order valence-corrected chi connectivity index (χ4v) is 4.63. The lowest BCUT2D eigenvalue weighted by atomic mass is 10.4. The average Bonchev–Trinajstić information content (AvgIpc) is 2.41. The monoisotopic (exact) mass is 278 g/mol. The van der Waals surface area contributed by atoms with Crippen LogP contribution in [0.2, 0.25) is 0 Å². The van der Waals surface area contributed by atoms with E-state index in [-0.39, 0.29) is 0 Å². The van der Waals surface area contributed by atoms with Crippen LogP contribution >= 0.6 is 35.3 Å². The molecule has 0 nitrogen and oxygen atoms in total. The fourth-order valence-electron chi connectivity index (χ4n) is 1.29. The van der Waals surface area contributed by atoms with Gasteiger partial charge in [0.15, 0.2) is 0 Å². The molecule has 0 radical (unpaired) electrons. The van der Waals surface area contributed by atoms with E-state index in [2.05, 4.69) is 60.7 Å². The summed E-state index contributed by atoms with van der Waals surface area (Å²) in [5, 5.41) is 2.23. The molecule has 2 aromatic carbocycles. The topological polar surface area (TPSA) is 0 Å². The fraction of sp³-hybridized carbons (Fsp3) is 0.143. The Labute approximate surface area is 116 Å². The van der Waals surface area contributed by atoms with Gasteiger partial charge >= 0.3 is 0 Å². The zero-order valence-electron chi connectivity index (χ0n) is 9.41. The third-order valence-electron chi connectivity index (χ3n) is 2.10. The summed E-state index contributed by atoms with van der Waals surface area (Å²) in [6.07, 6.45) is 0. The standard InChI is InChI=1S/C14H14S3/c1-3-7-13(8-4-1)16-11-15-12-17-14-9-5-2-6-10-14/h1-10H,11-12H2. The molecule has 0 atom stereocenters. The van der Waals surface area contributed by atoms with Gasteiger partial charge in [-0.15, -0.1) is 35.3 Å². The molecule has 0 amide bonds. The van der Waals surface area contributed by atoms with Crippen LogP contribution in [0.5, 0.6) is 0 Å². The molecule has 0 unspecified atom stereocenters. The van der Waals surface area contributed by atoms with E-state index in [1.807, 2.05) is 35.3 Å². The molecule has 0 fully saturated rings. The quantitative estimate of drug-likeness (QED) is 0.404. The van der Waals surface area contributed by atoms with Gasteiger partial charge in [0.25, 0.3) is 0 Å². The van der Waals surface area contributed by atoms with E-state index in [0.717, 1.165) is 10.2 Å². The zero-order chi connectivity index (χ0) is 11.8. The van der Waals surface area contributed by atoms with Crippen molar-refractivity contribution in [1.82, 2.24) is 0 Å². The molecular formula is C14H14S3. The van der Waals surface area contributed by atoms with Gasteiger partial charge in [0, 0.05) is 20.0 Å². The molecule has 0 bridgehead atoms. The molecule has 0 heterocycles. The molecule has 2 rings (SSSR count). The van der Waals surface area contributed by atoms with E-state index >= 15 is 0 Å². The van der Waals surface area contributed by atoms with Gasteiger partial charge in [0.2, 0.25) is 0 Å². The first-order valence-electron chi connectivity index (χ1n) is 5.38. The van der Waals surface area contributed by atoms with Crippen LogP contribution in [0.3, 0.4) is 0 Å². The van der Waals surface area contributed by atoms with Crippen molar-refractivity contribution in [2.75, 3.05) is 10.2 Å². The Kier molecular flexibility index (Phi) is 5.89. The normalized spacial score (nSPS) is 10.4. The van der Waals surface area contributed by atoms with Crippen LogP contribution in [0.25, 0.3) is 0 Å². The maximum Gasteiger partial charge on any atom is 0.0447 e. The first-order valence-corrected chi connectivity index (χ1v) is 8.51. The van der Waals surface area contributed by atoms with E-state index in [4.69, 9.17) is 0 Å². The van der Waals surface area contributed by atoms with Crippen molar-refractivity contribution in [2.45, 2.75) is 9.79 Å². The van der Waals surface area contributed by atoms with Crippen LogP contribution < -0.4 is 0 Å². The van der Waals surface area contributed by atoms with Gasteiger partial charge in [-0.1, -0.05) is 36.4 Å². The minimum absolute atomic E-state index is 1.11. The Morgan fingerprint density at radius 3 is 1.41 bits per heavy atom. The third-order valence-corrected chi connectivity index (χ3v) is 5.59. The zero-order valence-corrected chi connectivity index (χ0v) is 11.9. The largest absolute Gasteiger partial charge is 0.139 e. The minimum atomic E-state index is 1.11. The predicted molar refractivity (Wildman–Crippen MR) is 81.9 cm³/mol. The highest BCUT2D eigenvalue weighted by Crippen LogP contribution is 2.27. The second-order valence-corrected chi connectivity index (χ2v) is 7.17. The van der Waals surface area contributed by atoms with Crippen LogP contribution in [-0.4, -0.2) is 10.2 Å². The molecule has 3 heteroatoms. The van der Waals surface area contributed by atoms with Crippen molar-refractivity contribution in [2.24, 2.45) is 0 Å². The number of hydrogen-bond acceptors (Lipinski definition) is 3. The van der Waals surface area contributed by atoms with Crippen LogP contribution in [0.15, 0.2) is 70.5 Å². The van der Waals surface area contributed by atoms with Crippen molar-refractivity contribution in [3.63, 3.8) is 0 Å². The van der Waals surface area contributed by atoms with Crippen molar-refractivity contribution < 1.29 is 0 Å². The summed E-state index contributed by atoms with van der Waals surface area (Å²) in [4.78, 5) is 2.70. The summed E-state index contributed by atoms with van der Waals surface area (Å²) >= 11 is 5.78. The average molecular weight is 278 g/mol. The van der Waals surface area contributed by atoms with E-state index in [1.54, 1.807) is 0 Å². The lowest BCUT2D eigenvalue weighted by Gasteiger charge is -2.02. The van der Waals surface area contributed by atoms with E-state index < -0.39 is 0 Å². The molecule has 0 saturated carbocycles. The Balaban J connectivity index is 1.61. The summed E-state index contributed by atoms with van der Waals surface area (Å²) in [6.45, 7) is 0. The summed E-state index contributed by atoms with van der Waals surface area (Å²) in [7, 11) is 0. The highest BCUT2D eigenvalue weighted by molar-refractivity contribution is 8.22. The van der Waals surface area contributed by atoms with Gasteiger partial charge in [-0.3, -0.25) is 0 Å². The van der Waals surface area contributed by atoms with Crippen molar-refractivity contribution in [1.29, 1.82) is 0 Å². The smallest absolute Gasteiger partial charge is 0.0447 e. The van der Waals surface area contributed by atoms with Crippen LogP contribution in [0.4, 0.5) is 0 Å². The molecular weight excluding hydrogens is 264 g/mol. The first kappa shape index (κ1) is 12.9. The highest BCUT2D eigenvalue weighted by Gasteiger charge is 1.95. The lowest BCUT2D eigenvalue weighted by Crippen LogP contribution is -1.76. The van der Waals surface area contributed by atoms with Crippen molar-refractivity contribution in [3.05, 3.63) is 60.7 Å². The summed E-state index contributed by atoms with van der Waals surface area (Å²) in [5.74, 6) is 0. The SMILES string of the molecule is c1ccc(SCSCSc2ccccc2)cc1. The Morgan fingerprint density at radius 1 is 0.588 bits per heavy atom. The predicted octanol–water partition coefficient (Wildman–Crippen LogP) is 5.22. The van der Waals surface area contributed by atoms with Gasteiger partial charge in [-0.05, 0) is 24.3 Å². The highest BCUT2D eigenvalue weighted by atomic mass is 32.2. The molecule has 0 N–H and O–H groups in total. The Hall–Kier alpha value is -0.510. The summed E-state index contributed by atoms with van der Waals surface area (Å²) < 4.78 is 0. The number of thioether (sulfide) groups is 3. The van der Waals surface area contributed by atoms with Gasteiger partial charge in [-0.2, -0.15) is 0 Å². The Morgan fingerprint density at radius 2 is 1.00 bits per heavy atom. The van der Waals surface area contributed by atoms with Crippen LogP contribution in [0.1, 0.15) is 0 Å². The molecule has 0 saturated heterocycles. The van der Waals surface area contributed by atoms with E-state index in [1.165, 1.54) is 9.79 Å². The number of hydrogen-bond donors (Lipinski definition) is 0. The molecule has 0 aromatic heterocycles. The molecule has 0 aliphatic heterocycles. The van der Waals surface area contributed by atoms with Crippen molar-refractivity contribution in [3.8, 4) is 0 Å². The first-order chi connectivity index (χ1) is 8.45. The maximum atomic E-state index is 2.16. The maximum absolute atomic E-state index is 2.16.